The lowest BCUT2D eigenvalue weighted by molar-refractivity contribution is 0.607. The van der Waals surface area contributed by atoms with Crippen LogP contribution in [-0.4, -0.2) is 21.2 Å². The summed E-state index contributed by atoms with van der Waals surface area (Å²) in [5.74, 6) is 5.62. The standard InChI is InChI=1S/C11H14N2O2S/c1-9-8-10(4-3-7-12)5-6-11(9)13-16(2,14)15/h5-6,8,13H,7,12H2,1-2H3. The number of rotatable bonds is 2. The van der Waals surface area contributed by atoms with Gasteiger partial charge in [-0.1, -0.05) is 11.8 Å². The zero-order chi connectivity index (χ0) is 12.2. The van der Waals surface area contributed by atoms with Crippen molar-refractivity contribution in [3.63, 3.8) is 0 Å². The molecule has 16 heavy (non-hydrogen) atoms. The minimum atomic E-state index is -3.24. The summed E-state index contributed by atoms with van der Waals surface area (Å²) >= 11 is 0. The second kappa shape index (κ2) is 5.01. The summed E-state index contributed by atoms with van der Waals surface area (Å²) in [5, 5.41) is 0. The smallest absolute Gasteiger partial charge is 0.229 e. The molecule has 0 fully saturated rings. The molecule has 3 N–H and O–H groups in total. The van der Waals surface area contributed by atoms with E-state index >= 15 is 0 Å². The van der Waals surface area contributed by atoms with Crippen molar-refractivity contribution in [2.24, 2.45) is 5.73 Å². The van der Waals surface area contributed by atoms with E-state index in [1.807, 2.05) is 13.0 Å². The molecule has 0 aliphatic heterocycles. The molecule has 0 unspecified atom stereocenters. The molecule has 1 aromatic rings. The van der Waals surface area contributed by atoms with Crippen molar-refractivity contribution in [3.05, 3.63) is 29.3 Å². The van der Waals surface area contributed by atoms with Crippen molar-refractivity contribution < 1.29 is 8.42 Å². The summed E-state index contributed by atoms with van der Waals surface area (Å²) in [6.07, 6.45) is 1.12. The molecule has 0 saturated carbocycles. The van der Waals surface area contributed by atoms with Gasteiger partial charge in [0.2, 0.25) is 10.0 Å². The zero-order valence-corrected chi connectivity index (χ0v) is 10.1. The molecule has 1 rings (SSSR count). The molecule has 0 saturated heterocycles. The number of aryl methyl sites for hydroxylation is 1. The number of nitrogens with two attached hydrogens (primary N) is 1. The van der Waals surface area contributed by atoms with E-state index < -0.39 is 10.0 Å². The Labute approximate surface area is 95.9 Å². The Morgan fingerprint density at radius 3 is 2.62 bits per heavy atom. The first-order chi connectivity index (χ1) is 7.42. The van der Waals surface area contributed by atoms with Crippen molar-refractivity contribution in [2.75, 3.05) is 17.5 Å². The highest BCUT2D eigenvalue weighted by Gasteiger charge is 2.04. The van der Waals surface area contributed by atoms with E-state index in [1.165, 1.54) is 0 Å². The van der Waals surface area contributed by atoms with Crippen LogP contribution in [0, 0.1) is 18.8 Å². The van der Waals surface area contributed by atoms with Crippen LogP contribution in [0.5, 0.6) is 0 Å². The first-order valence-electron chi connectivity index (χ1n) is 4.70. The van der Waals surface area contributed by atoms with Gasteiger partial charge in [-0.15, -0.1) is 0 Å². The minimum absolute atomic E-state index is 0.308. The van der Waals surface area contributed by atoms with Gasteiger partial charge in [0.1, 0.15) is 0 Å². The Hall–Kier alpha value is -1.51. The number of hydrogen-bond acceptors (Lipinski definition) is 3. The second-order valence-electron chi connectivity index (χ2n) is 3.41. The monoisotopic (exact) mass is 238 g/mol. The number of sulfonamides is 1. The molecule has 5 heteroatoms. The van der Waals surface area contributed by atoms with Gasteiger partial charge in [0, 0.05) is 5.56 Å². The van der Waals surface area contributed by atoms with Crippen LogP contribution in [0.1, 0.15) is 11.1 Å². The zero-order valence-electron chi connectivity index (χ0n) is 9.24. The highest BCUT2D eigenvalue weighted by molar-refractivity contribution is 7.92. The SMILES string of the molecule is Cc1cc(C#CCN)ccc1NS(C)(=O)=O. The van der Waals surface area contributed by atoms with E-state index in [2.05, 4.69) is 16.6 Å². The molecule has 1 aromatic carbocycles. The van der Waals surface area contributed by atoms with Gasteiger partial charge >= 0.3 is 0 Å². The van der Waals surface area contributed by atoms with Gasteiger partial charge in [-0.2, -0.15) is 0 Å². The Morgan fingerprint density at radius 2 is 2.12 bits per heavy atom. The summed E-state index contributed by atoms with van der Waals surface area (Å²) in [6.45, 7) is 2.13. The van der Waals surface area contributed by atoms with Gasteiger partial charge in [0.25, 0.3) is 0 Å². The molecule has 0 aromatic heterocycles. The van der Waals surface area contributed by atoms with Gasteiger partial charge < -0.3 is 5.73 Å². The maximum Gasteiger partial charge on any atom is 0.229 e. The lowest BCUT2D eigenvalue weighted by atomic mass is 10.1. The molecule has 0 spiro atoms. The van der Waals surface area contributed by atoms with Crippen LogP contribution in [0.15, 0.2) is 18.2 Å². The van der Waals surface area contributed by atoms with Crippen molar-refractivity contribution in [1.29, 1.82) is 0 Å². The predicted octanol–water partition coefficient (Wildman–Crippen LogP) is 0.677. The molecule has 0 radical (unpaired) electrons. The molecule has 0 aliphatic rings. The van der Waals surface area contributed by atoms with Crippen LogP contribution in [0.2, 0.25) is 0 Å². The Kier molecular flexibility index (Phi) is 3.93. The largest absolute Gasteiger partial charge is 0.320 e. The number of nitrogens with one attached hydrogen (secondary N) is 1. The Balaban J connectivity index is 3.01. The summed E-state index contributed by atoms with van der Waals surface area (Å²) in [6, 6.07) is 5.26. The summed E-state index contributed by atoms with van der Waals surface area (Å²) in [7, 11) is -3.24. The molecular weight excluding hydrogens is 224 g/mol. The average Bonchev–Trinajstić information content (AvgIpc) is 2.17. The first-order valence-corrected chi connectivity index (χ1v) is 6.59. The van der Waals surface area contributed by atoms with Gasteiger partial charge in [-0.05, 0) is 30.7 Å². The van der Waals surface area contributed by atoms with Crippen LogP contribution in [0.25, 0.3) is 0 Å². The quantitative estimate of drug-likeness (QED) is 0.744. The number of hydrogen-bond donors (Lipinski definition) is 2. The van der Waals surface area contributed by atoms with Crippen molar-refractivity contribution in [1.82, 2.24) is 0 Å². The van der Waals surface area contributed by atoms with E-state index in [0.29, 0.717) is 12.2 Å². The van der Waals surface area contributed by atoms with Crippen LogP contribution >= 0.6 is 0 Å². The fraction of sp³-hybridized carbons (Fsp3) is 0.273. The van der Waals surface area contributed by atoms with Crippen molar-refractivity contribution in [3.8, 4) is 11.8 Å². The lowest BCUT2D eigenvalue weighted by Gasteiger charge is -2.07. The van der Waals surface area contributed by atoms with Gasteiger partial charge in [-0.25, -0.2) is 8.42 Å². The average molecular weight is 238 g/mol. The minimum Gasteiger partial charge on any atom is -0.320 e. The van der Waals surface area contributed by atoms with Crippen LogP contribution in [-0.2, 0) is 10.0 Å². The Bertz CT molecular complexity index is 539. The molecule has 86 valence electrons. The van der Waals surface area contributed by atoms with Crippen molar-refractivity contribution >= 4 is 15.7 Å². The van der Waals surface area contributed by atoms with Gasteiger partial charge in [-0.3, -0.25) is 4.72 Å². The third-order valence-corrected chi connectivity index (χ3v) is 2.45. The van der Waals surface area contributed by atoms with E-state index in [9.17, 15) is 8.42 Å². The molecule has 0 heterocycles. The lowest BCUT2D eigenvalue weighted by Crippen LogP contribution is -2.10. The fourth-order valence-electron chi connectivity index (χ4n) is 1.21. The first kappa shape index (κ1) is 12.6. The molecule has 0 atom stereocenters. The summed E-state index contributed by atoms with van der Waals surface area (Å²) in [4.78, 5) is 0. The summed E-state index contributed by atoms with van der Waals surface area (Å²) in [5.41, 5.74) is 7.48. The van der Waals surface area contributed by atoms with Crippen LogP contribution in [0.4, 0.5) is 5.69 Å². The molecule has 4 nitrogen and oxygen atoms in total. The van der Waals surface area contributed by atoms with Crippen molar-refractivity contribution in [2.45, 2.75) is 6.92 Å². The maximum absolute atomic E-state index is 11.1. The highest BCUT2D eigenvalue weighted by Crippen LogP contribution is 2.16. The maximum atomic E-state index is 11.1. The third kappa shape index (κ3) is 3.93. The number of anilines is 1. The molecule has 0 amide bonds. The van der Waals surface area contributed by atoms with Gasteiger partial charge in [0.15, 0.2) is 0 Å². The molecule has 0 bridgehead atoms. The Morgan fingerprint density at radius 1 is 1.44 bits per heavy atom. The molecular formula is C11H14N2O2S. The van der Waals surface area contributed by atoms with E-state index in [0.717, 1.165) is 17.4 Å². The molecule has 0 aliphatic carbocycles. The second-order valence-corrected chi connectivity index (χ2v) is 5.16. The topological polar surface area (TPSA) is 72.2 Å². The predicted molar refractivity (Wildman–Crippen MR) is 65.6 cm³/mol. The fourth-order valence-corrected chi connectivity index (χ4v) is 1.84. The third-order valence-electron chi connectivity index (χ3n) is 1.86. The van der Waals surface area contributed by atoms with E-state index in [1.54, 1.807) is 12.1 Å². The van der Waals surface area contributed by atoms with E-state index in [4.69, 9.17) is 5.73 Å². The highest BCUT2D eigenvalue weighted by atomic mass is 32.2. The van der Waals surface area contributed by atoms with Crippen LogP contribution in [0.3, 0.4) is 0 Å². The normalized spacial score (nSPS) is 10.4. The summed E-state index contributed by atoms with van der Waals surface area (Å²) < 4.78 is 24.5. The van der Waals surface area contributed by atoms with Gasteiger partial charge in [0.05, 0.1) is 18.5 Å². The van der Waals surface area contributed by atoms with E-state index in [-0.39, 0.29) is 0 Å². The number of benzene rings is 1. The van der Waals surface area contributed by atoms with Crippen LogP contribution < -0.4 is 10.5 Å².